The first-order valence-electron chi connectivity index (χ1n) is 9.87. The Balaban J connectivity index is 2.45. The Morgan fingerprint density at radius 1 is 1.10 bits per heavy atom. The average molecular weight is 400 g/mol. The topological polar surface area (TPSA) is 12.4 Å². The predicted octanol–water partition coefficient (Wildman–Crippen LogP) is 7.10. The molecule has 0 aromatic heterocycles. The first kappa shape index (κ1) is 22.7. The molecule has 0 saturated heterocycles. The number of hydrogen-bond acceptors (Lipinski definition) is 1. The summed E-state index contributed by atoms with van der Waals surface area (Å²) in [5, 5.41) is 0. The van der Waals surface area contributed by atoms with Crippen LogP contribution in [-0.4, -0.2) is 17.8 Å². The van der Waals surface area contributed by atoms with Crippen molar-refractivity contribution in [3.63, 3.8) is 0 Å². The molecule has 0 spiro atoms. The highest BCUT2D eigenvalue weighted by atomic mass is 19.3. The van der Waals surface area contributed by atoms with Gasteiger partial charge in [-0.15, -0.1) is 0 Å². The molecule has 29 heavy (non-hydrogen) atoms. The van der Waals surface area contributed by atoms with Gasteiger partial charge in [0, 0.05) is 24.3 Å². The largest absolute Gasteiger partial charge is 0.282 e. The Kier molecular flexibility index (Phi) is 8.44. The maximum Gasteiger partial charge on any atom is 0.282 e. The second-order valence-corrected chi connectivity index (χ2v) is 7.09. The van der Waals surface area contributed by atoms with Gasteiger partial charge in [-0.2, -0.15) is 0 Å². The van der Waals surface area contributed by atoms with E-state index >= 15 is 0 Å². The number of aliphatic imine (C=N–C) groups is 1. The van der Waals surface area contributed by atoms with Gasteiger partial charge in [0.2, 0.25) is 0 Å². The standard InChI is InChI=1S/C25H28F3N/c1-4-6-15-24(29-5-2)23(17-20-11-8-7-9-12-20)22-14-10-13-21(16-22)18-25(27,28)19(3)26/h5-16,19,23H,2,4,17-18H2,1,3H3/b15-6-,29-24?. The zero-order chi connectivity index (χ0) is 21.3. The van der Waals surface area contributed by atoms with E-state index in [4.69, 9.17) is 0 Å². The number of allylic oxidation sites excluding steroid dienone is 2. The highest BCUT2D eigenvalue weighted by Crippen LogP contribution is 2.29. The third kappa shape index (κ3) is 6.74. The zero-order valence-electron chi connectivity index (χ0n) is 17.0. The minimum Gasteiger partial charge on any atom is -0.261 e. The summed E-state index contributed by atoms with van der Waals surface area (Å²) in [6.07, 6.45) is 4.17. The summed E-state index contributed by atoms with van der Waals surface area (Å²) in [6.45, 7) is 6.65. The van der Waals surface area contributed by atoms with E-state index in [-0.39, 0.29) is 5.92 Å². The Labute approximate surface area is 171 Å². The van der Waals surface area contributed by atoms with Crippen LogP contribution < -0.4 is 0 Å². The second-order valence-electron chi connectivity index (χ2n) is 7.09. The van der Waals surface area contributed by atoms with Gasteiger partial charge >= 0.3 is 0 Å². The van der Waals surface area contributed by atoms with Crippen molar-refractivity contribution in [2.24, 2.45) is 4.99 Å². The van der Waals surface area contributed by atoms with Crippen LogP contribution in [-0.2, 0) is 12.8 Å². The fourth-order valence-corrected chi connectivity index (χ4v) is 3.17. The van der Waals surface area contributed by atoms with Crippen molar-refractivity contribution in [1.29, 1.82) is 0 Å². The van der Waals surface area contributed by atoms with Crippen molar-refractivity contribution in [3.05, 3.63) is 96.2 Å². The maximum atomic E-state index is 13.9. The van der Waals surface area contributed by atoms with Crippen molar-refractivity contribution in [2.45, 2.75) is 51.1 Å². The fourth-order valence-electron chi connectivity index (χ4n) is 3.17. The summed E-state index contributed by atoms with van der Waals surface area (Å²) in [5.74, 6) is -3.53. The molecule has 0 aliphatic rings. The summed E-state index contributed by atoms with van der Waals surface area (Å²) in [5.41, 5.74) is 3.21. The lowest BCUT2D eigenvalue weighted by atomic mass is 9.86. The molecule has 0 radical (unpaired) electrons. The van der Waals surface area contributed by atoms with Gasteiger partial charge in [0.15, 0.2) is 6.17 Å². The third-order valence-corrected chi connectivity index (χ3v) is 4.78. The van der Waals surface area contributed by atoms with Gasteiger partial charge in [-0.3, -0.25) is 4.99 Å². The molecule has 2 aromatic carbocycles. The lowest BCUT2D eigenvalue weighted by molar-refractivity contribution is -0.0637. The molecule has 154 valence electrons. The molecule has 2 aromatic rings. The molecule has 0 aliphatic carbocycles. The molecule has 0 bridgehead atoms. The lowest BCUT2D eigenvalue weighted by Gasteiger charge is -2.21. The van der Waals surface area contributed by atoms with Crippen LogP contribution in [0.15, 0.2) is 84.5 Å². The van der Waals surface area contributed by atoms with E-state index in [0.29, 0.717) is 12.0 Å². The average Bonchev–Trinajstić information content (AvgIpc) is 2.70. The molecular weight excluding hydrogens is 371 g/mol. The second kappa shape index (κ2) is 10.8. The summed E-state index contributed by atoms with van der Waals surface area (Å²) >= 11 is 0. The van der Waals surface area contributed by atoms with Crippen molar-refractivity contribution < 1.29 is 13.2 Å². The number of hydrogen-bond donors (Lipinski definition) is 0. The smallest absolute Gasteiger partial charge is 0.261 e. The minimum atomic E-state index is -3.40. The van der Waals surface area contributed by atoms with E-state index in [9.17, 15) is 13.2 Å². The first-order chi connectivity index (χ1) is 13.9. The van der Waals surface area contributed by atoms with E-state index in [2.05, 4.69) is 11.6 Å². The normalized spacial score (nSPS) is 14.7. The molecule has 4 heteroatoms. The molecule has 0 heterocycles. The van der Waals surface area contributed by atoms with Gasteiger partial charge in [0.05, 0.1) is 0 Å². The zero-order valence-corrected chi connectivity index (χ0v) is 17.0. The quantitative estimate of drug-likeness (QED) is 0.378. The van der Waals surface area contributed by atoms with E-state index in [0.717, 1.165) is 30.2 Å². The van der Waals surface area contributed by atoms with Crippen molar-refractivity contribution in [1.82, 2.24) is 0 Å². The van der Waals surface area contributed by atoms with Crippen LogP contribution in [0.25, 0.3) is 0 Å². The highest BCUT2D eigenvalue weighted by molar-refractivity contribution is 6.00. The molecule has 1 nitrogen and oxygen atoms in total. The lowest BCUT2D eigenvalue weighted by Crippen LogP contribution is -2.30. The van der Waals surface area contributed by atoms with Crippen LogP contribution >= 0.6 is 0 Å². The molecule has 0 saturated carbocycles. The van der Waals surface area contributed by atoms with Crippen LogP contribution in [0.5, 0.6) is 0 Å². The monoisotopic (exact) mass is 399 g/mol. The predicted molar refractivity (Wildman–Crippen MR) is 116 cm³/mol. The summed E-state index contributed by atoms with van der Waals surface area (Å²) in [7, 11) is 0. The molecule has 0 N–H and O–H groups in total. The van der Waals surface area contributed by atoms with Gasteiger partial charge in [0.1, 0.15) is 0 Å². The number of rotatable bonds is 10. The molecule has 2 unspecified atom stereocenters. The van der Waals surface area contributed by atoms with Crippen molar-refractivity contribution in [2.75, 3.05) is 0 Å². The summed E-state index contributed by atoms with van der Waals surface area (Å²) in [4.78, 5) is 4.45. The van der Waals surface area contributed by atoms with E-state index < -0.39 is 18.5 Å². The molecule has 2 rings (SSSR count). The Morgan fingerprint density at radius 3 is 2.41 bits per heavy atom. The molecule has 0 amide bonds. The molecule has 0 fully saturated rings. The Hall–Kier alpha value is -2.62. The highest BCUT2D eigenvalue weighted by Gasteiger charge is 2.36. The Morgan fingerprint density at radius 2 is 1.79 bits per heavy atom. The number of benzene rings is 2. The molecule has 2 atom stereocenters. The molecule has 0 aliphatic heterocycles. The third-order valence-electron chi connectivity index (χ3n) is 4.78. The Bertz CT molecular complexity index is 838. The van der Waals surface area contributed by atoms with Gasteiger partial charge < -0.3 is 0 Å². The van der Waals surface area contributed by atoms with E-state index in [1.165, 1.54) is 6.20 Å². The van der Waals surface area contributed by atoms with Crippen LogP contribution in [0.1, 0.15) is 42.9 Å². The SMILES string of the molecule is C=CN=C(/C=C\CC)C(Cc1ccccc1)c1cccc(CC(F)(F)C(C)F)c1. The van der Waals surface area contributed by atoms with Crippen molar-refractivity contribution >= 4 is 5.71 Å². The van der Waals surface area contributed by atoms with E-state index in [1.54, 1.807) is 18.2 Å². The molecular formula is C25H28F3N. The number of halogens is 3. The minimum absolute atomic E-state index is 0.130. The summed E-state index contributed by atoms with van der Waals surface area (Å²) in [6, 6.07) is 17.0. The van der Waals surface area contributed by atoms with Gasteiger partial charge in [-0.1, -0.05) is 74.2 Å². The van der Waals surface area contributed by atoms with Gasteiger partial charge in [-0.25, -0.2) is 13.2 Å². The van der Waals surface area contributed by atoms with Crippen LogP contribution in [0.3, 0.4) is 0 Å². The number of alkyl halides is 3. The first-order valence-corrected chi connectivity index (χ1v) is 9.87. The van der Waals surface area contributed by atoms with E-state index in [1.807, 2.05) is 55.5 Å². The van der Waals surface area contributed by atoms with Crippen LogP contribution in [0, 0.1) is 0 Å². The maximum absolute atomic E-state index is 13.9. The fraction of sp³-hybridized carbons (Fsp3) is 0.320. The van der Waals surface area contributed by atoms with Gasteiger partial charge in [0.25, 0.3) is 5.92 Å². The van der Waals surface area contributed by atoms with Gasteiger partial charge in [-0.05, 0) is 42.5 Å². The van der Waals surface area contributed by atoms with Crippen LogP contribution in [0.4, 0.5) is 13.2 Å². The van der Waals surface area contributed by atoms with Crippen molar-refractivity contribution in [3.8, 4) is 0 Å². The summed E-state index contributed by atoms with van der Waals surface area (Å²) < 4.78 is 41.2. The van der Waals surface area contributed by atoms with Crippen LogP contribution in [0.2, 0.25) is 0 Å². The number of nitrogens with zero attached hydrogens (tertiary/aromatic N) is 1.